The number of rotatable bonds is 8. The molecule has 89 heavy (non-hydrogen) atoms. The SMILES string of the molecule is CC(C)(C)OC(=O)N1CCN(c2ccc(CC(=O)CCl)nc2)CC1.CC(C)(C)OC(=O)N1CCN(c2ccc(N)nc2)CC1.CC(C)(C)OC(=O)N1CCN(c2ccc([N+](=O)[O-])nc2)CC1.CC(C)(C)OC(=O)N1CCNCC1.O=[N+]([O-])c1ccc(Cl)cn1. The quantitative estimate of drug-likeness (QED) is 0.0720. The summed E-state index contributed by atoms with van der Waals surface area (Å²) >= 11 is 10.9. The number of carbonyl (C=O) groups is 5. The number of hydrogen-bond donors (Lipinski definition) is 2. The Hall–Kier alpha value is -8.11. The highest BCUT2D eigenvalue weighted by Gasteiger charge is 2.30. The Kier molecular flexibility index (Phi) is 28.0. The lowest BCUT2D eigenvalue weighted by Gasteiger charge is -2.36. The molecule has 0 spiro atoms. The minimum Gasteiger partial charge on any atom is -0.444 e. The van der Waals surface area contributed by atoms with E-state index in [0.29, 0.717) is 63.2 Å². The first-order chi connectivity index (χ1) is 41.6. The number of nitrogens with two attached hydrogens (primary N) is 1. The summed E-state index contributed by atoms with van der Waals surface area (Å²) < 4.78 is 21.3. The second kappa shape index (κ2) is 34.0. The molecular weight excluding hydrogens is 1200 g/mol. The van der Waals surface area contributed by atoms with Gasteiger partial charge < -0.3 is 84.5 Å². The molecule has 0 radical (unpaired) electrons. The number of hydrogen-bond acceptors (Lipinski definition) is 22. The fraction of sp³-hybridized carbons (Fsp3) is 0.576. The maximum Gasteiger partial charge on any atom is 0.410 e. The molecule has 4 aromatic heterocycles. The number of halogens is 2. The van der Waals surface area contributed by atoms with E-state index in [2.05, 4.69) is 35.1 Å². The number of amides is 4. The van der Waals surface area contributed by atoms with Gasteiger partial charge in [0.25, 0.3) is 0 Å². The number of alkyl halides is 1. The zero-order valence-corrected chi connectivity index (χ0v) is 54.6. The minimum absolute atomic E-state index is 0.00998. The first-order valence-electron chi connectivity index (χ1n) is 29.1. The number of carbonyl (C=O) groups excluding carboxylic acids is 5. The van der Waals surface area contributed by atoms with Crippen molar-refractivity contribution in [3.05, 3.63) is 104 Å². The predicted octanol–water partition coefficient (Wildman–Crippen LogP) is 8.73. The molecule has 0 atom stereocenters. The van der Waals surface area contributed by atoms with Crippen molar-refractivity contribution in [3.8, 4) is 0 Å². The third-order valence-corrected chi connectivity index (χ3v) is 13.1. The van der Waals surface area contributed by atoms with Crippen molar-refractivity contribution in [3.63, 3.8) is 0 Å². The van der Waals surface area contributed by atoms with E-state index in [-0.39, 0.29) is 59.7 Å². The minimum atomic E-state index is -0.573. The van der Waals surface area contributed by atoms with Crippen LogP contribution in [0.25, 0.3) is 0 Å². The van der Waals surface area contributed by atoms with Gasteiger partial charge in [-0.3, -0.25) is 9.78 Å². The van der Waals surface area contributed by atoms with Gasteiger partial charge in [0.05, 0.1) is 40.4 Å². The summed E-state index contributed by atoms with van der Waals surface area (Å²) in [6.45, 7) is 33.5. The van der Waals surface area contributed by atoms with E-state index in [0.717, 1.165) is 75.1 Å². The standard InChI is InChI=1S/C17H24ClN3O3.C14H20N4O4.C14H22N4O2.C9H18N2O2.C5H3ClN2O2/c1-17(2,3)24-16(23)21-8-6-20(7-9-21)14-5-4-13(19-12-14)10-15(22)11-18;1-14(2,3)22-13(19)17-8-6-16(7-9-17)11-4-5-12(15-10-11)18(20)21;1-14(2,3)20-13(19)18-8-6-17(7-9-18)11-4-5-12(15)16-10-11;1-9(2,3)13-8(12)11-6-4-10-5-7-11;6-4-1-2-5(7-3-4)8(9)10/h4-5,12H,6-11H2,1-3H3;4-5,10H,6-9H2,1-3H3;4-5,10H,6-9H2,1-3H3,(H2,15,16);10H,4-7H2,1-3H3;1-3H. The van der Waals surface area contributed by atoms with Gasteiger partial charge in [0.1, 0.15) is 28.2 Å². The number of pyridine rings is 4. The van der Waals surface area contributed by atoms with Crippen molar-refractivity contribution < 1.29 is 52.8 Å². The van der Waals surface area contributed by atoms with Crippen molar-refractivity contribution in [2.45, 2.75) is 112 Å². The van der Waals surface area contributed by atoms with Gasteiger partial charge in [-0.2, -0.15) is 0 Å². The van der Waals surface area contributed by atoms with Gasteiger partial charge in [0, 0.05) is 129 Å². The third kappa shape index (κ3) is 27.9. The molecule has 0 saturated carbocycles. The van der Waals surface area contributed by atoms with Gasteiger partial charge in [-0.25, -0.2) is 24.2 Å². The van der Waals surface area contributed by atoms with Gasteiger partial charge in [-0.05, 0) is 139 Å². The Labute approximate surface area is 530 Å². The van der Waals surface area contributed by atoms with Crippen molar-refractivity contribution in [2.75, 3.05) is 131 Å². The van der Waals surface area contributed by atoms with Gasteiger partial charge in [-0.15, -0.1) is 11.6 Å². The highest BCUT2D eigenvalue weighted by atomic mass is 35.5. The van der Waals surface area contributed by atoms with Gasteiger partial charge in [0.2, 0.25) is 0 Å². The summed E-state index contributed by atoms with van der Waals surface area (Å²) in [7, 11) is 0. The molecule has 0 aliphatic carbocycles. The van der Waals surface area contributed by atoms with Crippen LogP contribution in [0, 0.1) is 20.2 Å². The highest BCUT2D eigenvalue weighted by molar-refractivity contribution is 6.30. The van der Waals surface area contributed by atoms with E-state index >= 15 is 0 Å². The van der Waals surface area contributed by atoms with E-state index in [9.17, 15) is 44.2 Å². The molecule has 28 nitrogen and oxygen atoms in total. The number of anilines is 4. The van der Waals surface area contributed by atoms with Crippen LogP contribution in [0.15, 0.2) is 73.3 Å². The van der Waals surface area contributed by atoms with E-state index in [1.54, 1.807) is 44.1 Å². The largest absolute Gasteiger partial charge is 0.444 e. The molecule has 30 heteroatoms. The number of Topliss-reactive ketones (excluding diaryl/α,β-unsaturated/α-hetero) is 1. The average molecular weight is 1290 g/mol. The van der Waals surface area contributed by atoms with Crippen LogP contribution in [0.2, 0.25) is 5.02 Å². The lowest BCUT2D eigenvalue weighted by Crippen LogP contribution is -2.50. The Morgan fingerprint density at radius 1 is 0.483 bits per heavy atom. The van der Waals surface area contributed by atoms with Crippen molar-refractivity contribution >= 4 is 87.9 Å². The number of ketones is 1. The molecule has 0 aromatic carbocycles. The Bertz CT molecular complexity index is 2890. The molecular formula is C59H87Cl2N15O13. The molecule has 4 aliphatic heterocycles. The van der Waals surface area contributed by atoms with Gasteiger partial charge >= 0.3 is 36.0 Å². The molecule has 4 amide bonds. The van der Waals surface area contributed by atoms with Gasteiger partial charge in [0.15, 0.2) is 18.2 Å². The number of nitro groups is 2. The van der Waals surface area contributed by atoms with Crippen molar-refractivity contribution in [1.82, 2.24) is 44.9 Å². The monoisotopic (exact) mass is 1280 g/mol. The summed E-state index contributed by atoms with van der Waals surface area (Å²) in [4.78, 5) is 107. The van der Waals surface area contributed by atoms with Crippen molar-refractivity contribution in [1.29, 1.82) is 0 Å². The smallest absolute Gasteiger partial charge is 0.410 e. The lowest BCUT2D eigenvalue weighted by atomic mass is 10.2. The molecule has 4 aromatic rings. The fourth-order valence-electron chi connectivity index (χ4n) is 8.29. The zero-order chi connectivity index (χ0) is 66.3. The van der Waals surface area contributed by atoms with E-state index < -0.39 is 26.6 Å². The molecule has 8 heterocycles. The third-order valence-electron chi connectivity index (χ3n) is 12.6. The molecule has 4 saturated heterocycles. The average Bonchev–Trinajstić information content (AvgIpc) is 2.34. The van der Waals surface area contributed by atoms with Crippen LogP contribution in [0.3, 0.4) is 0 Å². The summed E-state index contributed by atoms with van der Waals surface area (Å²) in [5, 5.41) is 24.2. The topological polar surface area (TPSA) is 321 Å². The van der Waals surface area contributed by atoms with Crippen molar-refractivity contribution in [2.24, 2.45) is 0 Å². The lowest BCUT2D eigenvalue weighted by molar-refractivity contribution is -0.389. The second-order valence-electron chi connectivity index (χ2n) is 24.6. The molecule has 8 rings (SSSR count). The predicted molar refractivity (Wildman–Crippen MR) is 340 cm³/mol. The first-order valence-corrected chi connectivity index (χ1v) is 30.0. The van der Waals surface area contributed by atoms with Crippen LogP contribution >= 0.6 is 23.2 Å². The Balaban J connectivity index is 0.000000245. The van der Waals surface area contributed by atoms with Crippen LogP contribution in [-0.4, -0.2) is 213 Å². The molecule has 0 bridgehead atoms. The summed E-state index contributed by atoms with van der Waals surface area (Å²) in [5.74, 6) is 0.125. The highest BCUT2D eigenvalue weighted by Crippen LogP contribution is 2.22. The van der Waals surface area contributed by atoms with Crippen LogP contribution in [0.5, 0.6) is 0 Å². The zero-order valence-electron chi connectivity index (χ0n) is 53.1. The first kappa shape index (κ1) is 73.4. The number of piperazine rings is 4. The Morgan fingerprint density at radius 3 is 1.09 bits per heavy atom. The number of nitrogen functional groups attached to an aromatic ring is 1. The van der Waals surface area contributed by atoms with Gasteiger partial charge in [-0.1, -0.05) is 11.6 Å². The summed E-state index contributed by atoms with van der Waals surface area (Å²) in [6, 6.07) is 13.3. The normalized spacial score (nSPS) is 15.4. The van der Waals surface area contributed by atoms with E-state index in [4.69, 9.17) is 47.9 Å². The number of aromatic nitrogens is 4. The van der Waals surface area contributed by atoms with Crippen LogP contribution in [0.1, 0.15) is 88.8 Å². The molecule has 3 N–H and O–H groups in total. The Morgan fingerprint density at radius 2 is 0.809 bits per heavy atom. The van der Waals surface area contributed by atoms with Crippen LogP contribution in [-0.2, 0) is 30.2 Å². The molecule has 4 aliphatic rings. The van der Waals surface area contributed by atoms with E-state index in [1.807, 2.05) is 106 Å². The maximum absolute atomic E-state index is 12.1. The van der Waals surface area contributed by atoms with Crippen LogP contribution in [0.4, 0.5) is 53.7 Å². The molecule has 490 valence electrons. The fourth-order valence-corrected chi connectivity index (χ4v) is 8.49. The second-order valence-corrected chi connectivity index (χ2v) is 25.3. The van der Waals surface area contributed by atoms with E-state index in [1.165, 1.54) is 30.6 Å². The summed E-state index contributed by atoms with van der Waals surface area (Å²) in [6.07, 6.45) is 5.49. The molecule has 0 unspecified atom stereocenters. The number of nitrogens with one attached hydrogen (secondary N) is 1. The molecule has 4 fully saturated rings. The summed E-state index contributed by atoms with van der Waals surface area (Å²) in [5.41, 5.74) is 7.31. The van der Waals surface area contributed by atoms with Crippen LogP contribution < -0.4 is 25.8 Å². The number of ether oxygens (including phenoxy) is 4. The number of nitrogens with zero attached hydrogens (tertiary/aromatic N) is 13. The maximum atomic E-state index is 12.1.